The highest BCUT2D eigenvalue weighted by Gasteiger charge is 2.08. The molecule has 0 bridgehead atoms. The van der Waals surface area contributed by atoms with Crippen molar-refractivity contribution in [3.8, 4) is 17.2 Å². The molecule has 7 nitrogen and oxygen atoms in total. The van der Waals surface area contributed by atoms with E-state index >= 15 is 0 Å². The summed E-state index contributed by atoms with van der Waals surface area (Å²) in [4.78, 5) is 22.9. The van der Waals surface area contributed by atoms with Gasteiger partial charge in [0.25, 0.3) is 5.91 Å². The molecule has 0 aromatic heterocycles. The van der Waals surface area contributed by atoms with Crippen LogP contribution in [0.15, 0.2) is 46.0 Å². The summed E-state index contributed by atoms with van der Waals surface area (Å²) in [6.07, 6.45) is 1.45. The predicted octanol–water partition coefficient (Wildman–Crippen LogP) is 3.22. The monoisotopic (exact) mass is 434 g/mol. The van der Waals surface area contributed by atoms with Crippen LogP contribution < -0.4 is 19.6 Å². The molecule has 0 aliphatic heterocycles. The number of esters is 1. The molecular weight excluding hydrogens is 416 g/mol. The average molecular weight is 435 g/mol. The number of rotatable bonds is 7. The van der Waals surface area contributed by atoms with Crippen molar-refractivity contribution >= 4 is 34.0 Å². The number of hydrogen-bond donors (Lipinski definition) is 1. The number of amides is 1. The molecule has 0 saturated carbocycles. The van der Waals surface area contributed by atoms with Crippen molar-refractivity contribution in [2.75, 3.05) is 13.7 Å². The first kappa shape index (κ1) is 20.4. The first-order valence-corrected chi connectivity index (χ1v) is 8.75. The molecule has 0 saturated heterocycles. The lowest BCUT2D eigenvalue weighted by Crippen LogP contribution is -2.24. The van der Waals surface area contributed by atoms with Crippen molar-refractivity contribution in [1.29, 1.82) is 0 Å². The normalized spacial score (nSPS) is 10.5. The molecule has 0 aliphatic rings. The number of nitrogens with one attached hydrogen (secondary N) is 1. The minimum Gasteiger partial charge on any atom is -0.493 e. The SMILES string of the molecule is COc1cc(C=NNC(=O)COc2ccc(Br)cc2C)ccc1OC(C)=O. The van der Waals surface area contributed by atoms with Crippen molar-refractivity contribution < 1.29 is 23.8 Å². The summed E-state index contributed by atoms with van der Waals surface area (Å²) in [7, 11) is 1.46. The Morgan fingerprint density at radius 3 is 2.56 bits per heavy atom. The first-order valence-electron chi connectivity index (χ1n) is 7.96. The maximum absolute atomic E-state index is 11.8. The number of halogens is 1. The van der Waals surface area contributed by atoms with Crippen LogP contribution in [0.3, 0.4) is 0 Å². The molecule has 0 fully saturated rings. The van der Waals surface area contributed by atoms with Gasteiger partial charge in [-0.3, -0.25) is 9.59 Å². The predicted molar refractivity (Wildman–Crippen MR) is 104 cm³/mol. The largest absolute Gasteiger partial charge is 0.493 e. The van der Waals surface area contributed by atoms with Crippen molar-refractivity contribution in [3.63, 3.8) is 0 Å². The number of ether oxygens (including phenoxy) is 3. The van der Waals surface area contributed by atoms with E-state index in [9.17, 15) is 9.59 Å². The van der Waals surface area contributed by atoms with Gasteiger partial charge in [-0.15, -0.1) is 0 Å². The van der Waals surface area contributed by atoms with Gasteiger partial charge in [-0.25, -0.2) is 5.43 Å². The summed E-state index contributed by atoms with van der Waals surface area (Å²) in [5.41, 5.74) is 3.96. The maximum atomic E-state index is 11.8. The highest BCUT2D eigenvalue weighted by atomic mass is 79.9. The second-order valence-electron chi connectivity index (χ2n) is 5.50. The van der Waals surface area contributed by atoms with E-state index in [0.717, 1.165) is 10.0 Å². The lowest BCUT2D eigenvalue weighted by Gasteiger charge is -2.09. The zero-order valence-corrected chi connectivity index (χ0v) is 16.7. The maximum Gasteiger partial charge on any atom is 0.308 e. The van der Waals surface area contributed by atoms with Gasteiger partial charge in [-0.2, -0.15) is 5.10 Å². The fourth-order valence-corrected chi connectivity index (χ4v) is 2.61. The third-order valence-electron chi connectivity index (χ3n) is 3.34. The van der Waals surface area contributed by atoms with Crippen LogP contribution in [0.1, 0.15) is 18.1 Å². The molecule has 2 aromatic rings. The Morgan fingerprint density at radius 2 is 1.89 bits per heavy atom. The van der Waals surface area contributed by atoms with Crippen LogP contribution in [-0.2, 0) is 9.59 Å². The van der Waals surface area contributed by atoms with E-state index in [2.05, 4.69) is 26.5 Å². The van der Waals surface area contributed by atoms with Crippen LogP contribution in [0, 0.1) is 6.92 Å². The van der Waals surface area contributed by atoms with Gasteiger partial charge in [-0.1, -0.05) is 15.9 Å². The Morgan fingerprint density at radius 1 is 1.15 bits per heavy atom. The van der Waals surface area contributed by atoms with Gasteiger partial charge in [-0.05, 0) is 54.4 Å². The number of benzene rings is 2. The lowest BCUT2D eigenvalue weighted by atomic mass is 10.2. The molecule has 0 aliphatic carbocycles. The lowest BCUT2D eigenvalue weighted by molar-refractivity contribution is -0.132. The van der Waals surface area contributed by atoms with E-state index in [0.29, 0.717) is 22.8 Å². The van der Waals surface area contributed by atoms with E-state index in [1.54, 1.807) is 24.3 Å². The van der Waals surface area contributed by atoms with E-state index in [4.69, 9.17) is 14.2 Å². The zero-order valence-electron chi connectivity index (χ0n) is 15.1. The Balaban J connectivity index is 1.90. The molecule has 1 amide bonds. The van der Waals surface area contributed by atoms with Crippen molar-refractivity contribution in [2.24, 2.45) is 5.10 Å². The number of hydrazone groups is 1. The van der Waals surface area contributed by atoms with Gasteiger partial charge >= 0.3 is 5.97 Å². The molecule has 0 unspecified atom stereocenters. The van der Waals surface area contributed by atoms with Crippen LogP contribution >= 0.6 is 15.9 Å². The van der Waals surface area contributed by atoms with E-state index < -0.39 is 11.9 Å². The quantitative estimate of drug-likeness (QED) is 0.313. The summed E-state index contributed by atoms with van der Waals surface area (Å²) in [6, 6.07) is 10.4. The second-order valence-corrected chi connectivity index (χ2v) is 6.41. The highest BCUT2D eigenvalue weighted by molar-refractivity contribution is 9.10. The van der Waals surface area contributed by atoms with E-state index in [1.807, 2.05) is 19.1 Å². The van der Waals surface area contributed by atoms with Crippen LogP contribution in [0.5, 0.6) is 17.2 Å². The second kappa shape index (κ2) is 9.72. The summed E-state index contributed by atoms with van der Waals surface area (Å²) in [5, 5.41) is 3.88. The molecule has 1 N–H and O–H groups in total. The van der Waals surface area contributed by atoms with Crippen LogP contribution in [0.25, 0.3) is 0 Å². The molecule has 0 spiro atoms. The topological polar surface area (TPSA) is 86.2 Å². The number of nitrogens with zero attached hydrogens (tertiary/aromatic N) is 1. The van der Waals surface area contributed by atoms with Gasteiger partial charge in [0.1, 0.15) is 5.75 Å². The average Bonchev–Trinajstić information content (AvgIpc) is 2.61. The molecule has 0 heterocycles. The first-order chi connectivity index (χ1) is 12.9. The summed E-state index contributed by atoms with van der Waals surface area (Å²) in [5.74, 6) is 0.488. The van der Waals surface area contributed by atoms with Gasteiger partial charge in [0, 0.05) is 11.4 Å². The number of aryl methyl sites for hydroxylation is 1. The van der Waals surface area contributed by atoms with Gasteiger partial charge in [0.05, 0.1) is 13.3 Å². The van der Waals surface area contributed by atoms with Crippen molar-refractivity contribution in [3.05, 3.63) is 52.0 Å². The Hall–Kier alpha value is -2.87. The third kappa shape index (κ3) is 6.41. The van der Waals surface area contributed by atoms with Crippen LogP contribution in [0.4, 0.5) is 0 Å². The van der Waals surface area contributed by atoms with Crippen LogP contribution in [0.2, 0.25) is 0 Å². The van der Waals surface area contributed by atoms with Gasteiger partial charge < -0.3 is 14.2 Å². The van der Waals surface area contributed by atoms with Crippen molar-refractivity contribution in [2.45, 2.75) is 13.8 Å². The third-order valence-corrected chi connectivity index (χ3v) is 3.83. The molecule has 2 aromatic carbocycles. The zero-order chi connectivity index (χ0) is 19.8. The van der Waals surface area contributed by atoms with E-state index in [1.165, 1.54) is 20.2 Å². The molecule has 8 heteroatoms. The molecule has 0 radical (unpaired) electrons. The number of hydrogen-bond acceptors (Lipinski definition) is 6. The summed E-state index contributed by atoms with van der Waals surface area (Å²) in [6.45, 7) is 3.04. The standard InChI is InChI=1S/C19H19BrN2O5/c1-12-8-15(20)5-7-16(12)26-11-19(24)22-21-10-14-4-6-17(27-13(2)23)18(9-14)25-3/h4-10H,11H2,1-3H3,(H,22,24). The molecule has 27 heavy (non-hydrogen) atoms. The molecule has 0 atom stereocenters. The fourth-order valence-electron chi connectivity index (χ4n) is 2.13. The minimum absolute atomic E-state index is 0.158. The highest BCUT2D eigenvalue weighted by Crippen LogP contribution is 2.27. The fraction of sp³-hybridized carbons (Fsp3) is 0.211. The Kier molecular flexibility index (Phi) is 7.36. The molecule has 2 rings (SSSR count). The number of methoxy groups -OCH3 is 1. The smallest absolute Gasteiger partial charge is 0.308 e. The summed E-state index contributed by atoms with van der Waals surface area (Å²) < 4.78 is 16.6. The molecular formula is C19H19BrN2O5. The van der Waals surface area contributed by atoms with Gasteiger partial charge in [0.2, 0.25) is 0 Å². The Labute approximate surface area is 165 Å². The minimum atomic E-state index is -0.442. The summed E-state index contributed by atoms with van der Waals surface area (Å²) >= 11 is 3.37. The Bertz CT molecular complexity index is 867. The van der Waals surface area contributed by atoms with Crippen molar-refractivity contribution in [1.82, 2.24) is 5.43 Å². The van der Waals surface area contributed by atoms with Crippen LogP contribution in [-0.4, -0.2) is 31.8 Å². The number of carbonyl (C=O) groups excluding carboxylic acids is 2. The van der Waals surface area contributed by atoms with E-state index in [-0.39, 0.29) is 6.61 Å². The number of carbonyl (C=O) groups is 2. The molecule has 142 valence electrons. The van der Waals surface area contributed by atoms with Gasteiger partial charge in [0.15, 0.2) is 18.1 Å².